The number of hydrogen-bond donors (Lipinski definition) is 3. The number of carbonyl (C=O) groups is 1. The van der Waals surface area contributed by atoms with Crippen LogP contribution < -0.4 is 0 Å². The molecule has 0 aliphatic heterocycles. The summed E-state index contributed by atoms with van der Waals surface area (Å²) < 4.78 is 5.81. The fourth-order valence-electron chi connectivity index (χ4n) is 6.99. The van der Waals surface area contributed by atoms with E-state index < -0.39 is 41.7 Å². The number of esters is 1. The molecule has 3 fully saturated rings. The summed E-state index contributed by atoms with van der Waals surface area (Å²) in [5.74, 6) is -0.406. The first kappa shape index (κ1) is 20.8. The molecule has 0 aromatic heterocycles. The van der Waals surface area contributed by atoms with Crippen molar-refractivity contribution in [2.45, 2.75) is 78.1 Å². The van der Waals surface area contributed by atoms with Gasteiger partial charge in [0.15, 0.2) is 0 Å². The minimum atomic E-state index is -0.664. The van der Waals surface area contributed by atoms with E-state index in [4.69, 9.17) is 4.74 Å². The van der Waals surface area contributed by atoms with E-state index in [0.717, 1.165) is 25.7 Å². The van der Waals surface area contributed by atoms with Crippen LogP contribution in [0.15, 0.2) is 12.7 Å². The highest BCUT2D eigenvalue weighted by molar-refractivity contribution is 5.70. The van der Waals surface area contributed by atoms with Gasteiger partial charge in [-0.05, 0) is 55.3 Å². The highest BCUT2D eigenvalue weighted by atomic mass is 16.6. The van der Waals surface area contributed by atoms with Crippen LogP contribution in [0.2, 0.25) is 0 Å². The van der Waals surface area contributed by atoms with Gasteiger partial charge in [-0.1, -0.05) is 33.8 Å². The maximum Gasteiger partial charge on any atom is 0.332 e. The first-order valence-electron chi connectivity index (χ1n) is 10.4. The lowest BCUT2D eigenvalue weighted by molar-refractivity contribution is -0.220. The highest BCUT2D eigenvalue weighted by Crippen LogP contribution is 2.68. The van der Waals surface area contributed by atoms with E-state index in [2.05, 4.69) is 27.4 Å². The molecule has 0 aromatic carbocycles. The summed E-state index contributed by atoms with van der Waals surface area (Å²) in [5, 5.41) is 31.7. The quantitative estimate of drug-likeness (QED) is 0.518. The predicted octanol–water partition coefficient (Wildman–Crippen LogP) is 2.68. The Balaban J connectivity index is 2.19. The highest BCUT2D eigenvalue weighted by Gasteiger charge is 2.67. The lowest BCUT2D eigenvalue weighted by Gasteiger charge is -2.63. The third-order valence-electron chi connectivity index (χ3n) is 8.93. The third kappa shape index (κ3) is 2.80. The van der Waals surface area contributed by atoms with E-state index in [1.54, 1.807) is 6.08 Å². The van der Waals surface area contributed by atoms with Gasteiger partial charge in [-0.3, -0.25) is 0 Å². The van der Waals surface area contributed by atoms with Crippen LogP contribution in [0.4, 0.5) is 0 Å². The summed E-state index contributed by atoms with van der Waals surface area (Å²) in [5.41, 5.74) is -1.20. The Kier molecular flexibility index (Phi) is 5.28. The minimum Gasteiger partial charge on any atom is -0.460 e. The van der Waals surface area contributed by atoms with Gasteiger partial charge in [-0.2, -0.15) is 0 Å². The van der Waals surface area contributed by atoms with Gasteiger partial charge in [-0.15, -0.1) is 6.58 Å². The lowest BCUT2D eigenvalue weighted by Crippen LogP contribution is -2.63. The van der Waals surface area contributed by atoms with Gasteiger partial charge >= 0.3 is 5.97 Å². The largest absolute Gasteiger partial charge is 0.460 e. The Bertz CT molecular complexity index is 606. The van der Waals surface area contributed by atoms with Crippen molar-refractivity contribution >= 4 is 5.97 Å². The fraction of sp³-hybridized carbons (Fsp3) is 0.864. The van der Waals surface area contributed by atoms with Gasteiger partial charge in [0, 0.05) is 10.8 Å². The molecular formula is C22H36O5. The number of ether oxygens (including phenoxy) is 1. The first-order valence-corrected chi connectivity index (χ1v) is 10.4. The third-order valence-corrected chi connectivity index (χ3v) is 8.93. The summed E-state index contributed by atoms with van der Waals surface area (Å²) in [6.07, 6.45) is 4.20. The van der Waals surface area contributed by atoms with Gasteiger partial charge in [0.2, 0.25) is 0 Å². The van der Waals surface area contributed by atoms with Crippen molar-refractivity contribution in [1.29, 1.82) is 0 Å². The van der Waals surface area contributed by atoms with Crippen molar-refractivity contribution in [2.75, 3.05) is 6.61 Å². The smallest absolute Gasteiger partial charge is 0.332 e. The standard InChI is InChI=1S/C22H36O5/c1-6-20(4)11-16(27-17(25)12-23)21(5)13(2)7-9-22(14(3)19(20)26)10-8-15(24)18(21)22/h6,13-16,18-19,23-24,26H,1,7-12H2,2-5H3/t13-,14+,15-,16-,18-,19+,20-,21+,22+/m1/s1. The topological polar surface area (TPSA) is 87.0 Å². The number of carbonyl (C=O) groups excluding carboxylic acids is 1. The number of rotatable bonds is 3. The monoisotopic (exact) mass is 380 g/mol. The van der Waals surface area contributed by atoms with Crippen LogP contribution in [0, 0.1) is 34.0 Å². The number of aliphatic hydroxyl groups is 3. The molecule has 3 aliphatic carbocycles. The molecule has 0 saturated heterocycles. The first-order chi connectivity index (χ1) is 12.6. The molecular weight excluding hydrogens is 344 g/mol. The Morgan fingerprint density at radius 3 is 2.44 bits per heavy atom. The van der Waals surface area contributed by atoms with Crippen molar-refractivity contribution in [3.63, 3.8) is 0 Å². The normalized spacial score (nSPS) is 52.4. The van der Waals surface area contributed by atoms with Gasteiger partial charge < -0.3 is 20.1 Å². The molecule has 0 radical (unpaired) electrons. The zero-order valence-corrected chi connectivity index (χ0v) is 17.1. The Morgan fingerprint density at radius 2 is 1.85 bits per heavy atom. The molecule has 3 aliphatic rings. The molecule has 9 atom stereocenters. The maximum atomic E-state index is 12.1. The SMILES string of the molecule is C=C[C@]1(C)C[C@@H](OC(=O)CO)[C@]2(C)[C@H](C)CC[C@]3(CC[C@@H](O)[C@@H]32)[C@@H](C)[C@@H]1O. The van der Waals surface area contributed by atoms with E-state index in [0.29, 0.717) is 6.42 Å². The van der Waals surface area contributed by atoms with Crippen LogP contribution in [0.3, 0.4) is 0 Å². The average Bonchev–Trinajstić information content (AvgIpc) is 3.00. The van der Waals surface area contributed by atoms with Crippen molar-refractivity contribution in [3.8, 4) is 0 Å². The molecule has 3 N–H and O–H groups in total. The van der Waals surface area contributed by atoms with E-state index in [9.17, 15) is 20.1 Å². The van der Waals surface area contributed by atoms with Crippen LogP contribution in [0.1, 0.15) is 59.8 Å². The Morgan fingerprint density at radius 1 is 1.22 bits per heavy atom. The summed E-state index contributed by atoms with van der Waals surface area (Å²) in [4.78, 5) is 12.1. The van der Waals surface area contributed by atoms with Crippen molar-refractivity contribution < 1.29 is 24.9 Å². The molecule has 0 unspecified atom stereocenters. The number of aliphatic hydroxyl groups excluding tert-OH is 3. The van der Waals surface area contributed by atoms with E-state index >= 15 is 0 Å². The van der Waals surface area contributed by atoms with Crippen molar-refractivity contribution in [3.05, 3.63) is 12.7 Å². The van der Waals surface area contributed by atoms with Crippen molar-refractivity contribution in [2.24, 2.45) is 34.0 Å². The molecule has 2 bridgehead atoms. The van der Waals surface area contributed by atoms with Crippen LogP contribution in [0.25, 0.3) is 0 Å². The molecule has 27 heavy (non-hydrogen) atoms. The molecule has 3 rings (SSSR count). The summed E-state index contributed by atoms with van der Waals surface area (Å²) in [7, 11) is 0. The van der Waals surface area contributed by atoms with Gasteiger partial charge in [-0.25, -0.2) is 4.79 Å². The van der Waals surface area contributed by atoms with Crippen LogP contribution in [-0.2, 0) is 9.53 Å². The second-order valence-electron chi connectivity index (χ2n) is 9.91. The molecule has 0 spiro atoms. The molecule has 5 heteroatoms. The van der Waals surface area contributed by atoms with E-state index in [-0.39, 0.29) is 23.2 Å². The van der Waals surface area contributed by atoms with Crippen LogP contribution >= 0.6 is 0 Å². The van der Waals surface area contributed by atoms with Crippen molar-refractivity contribution in [1.82, 2.24) is 0 Å². The molecule has 154 valence electrons. The van der Waals surface area contributed by atoms with E-state index in [1.807, 2.05) is 6.92 Å². The summed E-state index contributed by atoms with van der Waals surface area (Å²) in [6, 6.07) is 0. The van der Waals surface area contributed by atoms with Crippen LogP contribution in [-0.4, -0.2) is 46.2 Å². The molecule has 0 aromatic rings. The molecule has 5 nitrogen and oxygen atoms in total. The van der Waals surface area contributed by atoms with E-state index in [1.165, 1.54) is 0 Å². The zero-order valence-electron chi connectivity index (χ0n) is 17.1. The van der Waals surface area contributed by atoms with Gasteiger partial charge in [0.1, 0.15) is 12.7 Å². The number of hydrogen-bond acceptors (Lipinski definition) is 5. The van der Waals surface area contributed by atoms with Crippen LogP contribution in [0.5, 0.6) is 0 Å². The summed E-state index contributed by atoms with van der Waals surface area (Å²) >= 11 is 0. The second-order valence-corrected chi connectivity index (χ2v) is 9.91. The molecule has 0 heterocycles. The lowest BCUT2D eigenvalue weighted by atomic mass is 9.43. The fourth-order valence-corrected chi connectivity index (χ4v) is 6.99. The molecule has 0 amide bonds. The van der Waals surface area contributed by atoms with Gasteiger partial charge in [0.05, 0.1) is 12.2 Å². The Hall–Kier alpha value is -0.910. The molecule has 3 saturated carbocycles. The average molecular weight is 381 g/mol. The zero-order chi connectivity index (χ0) is 20.2. The minimum absolute atomic E-state index is 0.0176. The maximum absolute atomic E-state index is 12.1. The second kappa shape index (κ2) is 6.85. The predicted molar refractivity (Wildman–Crippen MR) is 103 cm³/mol. The Labute approximate surface area is 162 Å². The van der Waals surface area contributed by atoms with Gasteiger partial charge in [0.25, 0.3) is 0 Å². The summed E-state index contributed by atoms with van der Waals surface area (Å²) in [6.45, 7) is 11.7.